The highest BCUT2D eigenvalue weighted by Gasteiger charge is 2.42. The highest BCUT2D eigenvalue weighted by molar-refractivity contribution is 5.31. The maximum absolute atomic E-state index is 4.69. The van der Waals surface area contributed by atoms with Gasteiger partial charge in [0.2, 0.25) is 0 Å². The van der Waals surface area contributed by atoms with Crippen molar-refractivity contribution < 1.29 is 0 Å². The molecule has 1 aromatic rings. The van der Waals surface area contributed by atoms with Gasteiger partial charge in [-0.05, 0) is 58.5 Å². The van der Waals surface area contributed by atoms with E-state index in [4.69, 9.17) is 4.98 Å². The van der Waals surface area contributed by atoms with Gasteiger partial charge in [0, 0.05) is 29.4 Å². The van der Waals surface area contributed by atoms with Crippen molar-refractivity contribution in [3.63, 3.8) is 0 Å². The number of rotatable bonds is 6. The Hall–Kier alpha value is -0.930. The van der Waals surface area contributed by atoms with Crippen molar-refractivity contribution in [3.05, 3.63) is 29.6 Å². The molecule has 112 valence electrons. The molecule has 0 amide bonds. The fourth-order valence-corrected chi connectivity index (χ4v) is 3.60. The number of likely N-dealkylation sites (N-methyl/N-ethyl adjacent to an activating group) is 2. The average Bonchev–Trinajstić information content (AvgIpc) is 2.87. The summed E-state index contributed by atoms with van der Waals surface area (Å²) in [6, 6.07) is 4.75. The molecule has 1 heterocycles. The van der Waals surface area contributed by atoms with Crippen molar-refractivity contribution in [2.45, 2.75) is 57.5 Å². The maximum Gasteiger partial charge on any atom is 0.0482 e. The second-order valence-corrected chi connectivity index (χ2v) is 6.33. The molecule has 3 heteroatoms. The topological polar surface area (TPSA) is 28.2 Å². The lowest BCUT2D eigenvalue weighted by molar-refractivity contribution is 0.0979. The van der Waals surface area contributed by atoms with Gasteiger partial charge in [0.1, 0.15) is 0 Å². The van der Waals surface area contributed by atoms with Gasteiger partial charge in [-0.2, -0.15) is 0 Å². The average molecular weight is 275 g/mol. The highest BCUT2D eigenvalue weighted by atomic mass is 15.2. The summed E-state index contributed by atoms with van der Waals surface area (Å²) >= 11 is 0. The fourth-order valence-electron chi connectivity index (χ4n) is 3.60. The van der Waals surface area contributed by atoms with Gasteiger partial charge in [-0.15, -0.1) is 0 Å². The summed E-state index contributed by atoms with van der Waals surface area (Å²) < 4.78 is 0. The summed E-state index contributed by atoms with van der Waals surface area (Å²) in [5.41, 5.74) is 2.91. The van der Waals surface area contributed by atoms with Gasteiger partial charge in [0.05, 0.1) is 0 Å². The number of hydrogen-bond acceptors (Lipinski definition) is 3. The zero-order chi connectivity index (χ0) is 14.8. The zero-order valence-electron chi connectivity index (χ0n) is 13.6. The van der Waals surface area contributed by atoms with Crippen LogP contribution in [0.4, 0.5) is 0 Å². The molecule has 3 unspecified atom stereocenters. The van der Waals surface area contributed by atoms with Crippen LogP contribution in [0.5, 0.6) is 0 Å². The summed E-state index contributed by atoms with van der Waals surface area (Å²) in [6.45, 7) is 7.87. The summed E-state index contributed by atoms with van der Waals surface area (Å²) in [4.78, 5) is 7.07. The van der Waals surface area contributed by atoms with Crippen molar-refractivity contribution >= 4 is 0 Å². The third-order valence-electron chi connectivity index (χ3n) is 5.24. The van der Waals surface area contributed by atoms with E-state index in [0.29, 0.717) is 12.0 Å². The molecule has 0 aromatic carbocycles. The molecule has 1 aliphatic rings. The van der Waals surface area contributed by atoms with E-state index in [0.717, 1.165) is 13.0 Å². The van der Waals surface area contributed by atoms with Gasteiger partial charge in [-0.1, -0.05) is 19.9 Å². The molecular formula is C17H29N3. The highest BCUT2D eigenvalue weighted by Crippen LogP contribution is 2.39. The minimum Gasteiger partial charge on any atom is -0.312 e. The lowest BCUT2D eigenvalue weighted by Gasteiger charge is -2.45. The van der Waals surface area contributed by atoms with E-state index >= 15 is 0 Å². The third kappa shape index (κ3) is 2.61. The van der Waals surface area contributed by atoms with E-state index < -0.39 is 0 Å². The Morgan fingerprint density at radius 2 is 2.20 bits per heavy atom. The van der Waals surface area contributed by atoms with Crippen LogP contribution in [-0.2, 0) is 6.42 Å². The Kier molecular flexibility index (Phi) is 4.82. The molecule has 0 saturated carbocycles. The van der Waals surface area contributed by atoms with Gasteiger partial charge in [0.25, 0.3) is 0 Å². The molecule has 0 fully saturated rings. The molecule has 1 aromatic heterocycles. The Bertz CT molecular complexity index is 444. The minimum atomic E-state index is 0.153. The van der Waals surface area contributed by atoms with Crippen molar-refractivity contribution in [3.8, 4) is 0 Å². The van der Waals surface area contributed by atoms with Crippen molar-refractivity contribution in [2.24, 2.45) is 0 Å². The summed E-state index contributed by atoms with van der Waals surface area (Å²) in [5.74, 6) is 0.526. The largest absolute Gasteiger partial charge is 0.312 e. The van der Waals surface area contributed by atoms with E-state index in [1.165, 1.54) is 24.1 Å². The van der Waals surface area contributed by atoms with Crippen LogP contribution in [0.1, 0.15) is 50.8 Å². The Morgan fingerprint density at radius 1 is 1.45 bits per heavy atom. The molecule has 3 atom stereocenters. The predicted molar refractivity (Wildman–Crippen MR) is 85.1 cm³/mol. The van der Waals surface area contributed by atoms with Crippen LogP contribution in [0, 0.1) is 0 Å². The van der Waals surface area contributed by atoms with Crippen molar-refractivity contribution in [1.82, 2.24) is 15.2 Å². The number of aryl methyl sites for hydroxylation is 1. The first-order valence-corrected chi connectivity index (χ1v) is 7.89. The van der Waals surface area contributed by atoms with Crippen LogP contribution in [0.3, 0.4) is 0 Å². The first kappa shape index (κ1) is 15.5. The molecule has 1 aliphatic carbocycles. The lowest BCUT2D eigenvalue weighted by atomic mass is 9.78. The number of nitrogens with one attached hydrogen (secondary N) is 1. The maximum atomic E-state index is 4.69. The smallest absolute Gasteiger partial charge is 0.0482 e. The Morgan fingerprint density at radius 3 is 2.80 bits per heavy atom. The first-order valence-electron chi connectivity index (χ1n) is 7.89. The number of aromatic nitrogens is 1. The lowest BCUT2D eigenvalue weighted by Crippen LogP contribution is -2.59. The standard InChI is InChI=1S/C17H29N3/c1-6-17(3,20(4)5)16(18-7-2)14-11-10-13-9-8-12-19-15(13)14/h8-9,12,14,16,18H,6-7,10-11H2,1-5H3. The van der Waals surface area contributed by atoms with Gasteiger partial charge in [-0.25, -0.2) is 0 Å². The second kappa shape index (κ2) is 6.23. The monoisotopic (exact) mass is 275 g/mol. The number of nitrogens with zero attached hydrogens (tertiary/aromatic N) is 2. The van der Waals surface area contributed by atoms with E-state index in [9.17, 15) is 0 Å². The number of fused-ring (bicyclic) bond motifs is 1. The van der Waals surface area contributed by atoms with Crippen LogP contribution in [0.15, 0.2) is 18.3 Å². The summed E-state index contributed by atoms with van der Waals surface area (Å²) in [5, 5.41) is 3.76. The Balaban J connectivity index is 2.35. The zero-order valence-corrected chi connectivity index (χ0v) is 13.6. The van der Waals surface area contributed by atoms with Gasteiger partial charge in [-0.3, -0.25) is 4.98 Å². The number of pyridine rings is 1. The van der Waals surface area contributed by atoms with Crippen LogP contribution in [-0.4, -0.2) is 42.1 Å². The predicted octanol–water partition coefficient (Wildman–Crippen LogP) is 2.82. The van der Waals surface area contributed by atoms with E-state index in [1.54, 1.807) is 0 Å². The molecule has 0 bridgehead atoms. The van der Waals surface area contributed by atoms with Crippen LogP contribution in [0.25, 0.3) is 0 Å². The van der Waals surface area contributed by atoms with E-state index in [-0.39, 0.29) is 5.54 Å². The number of hydrogen-bond donors (Lipinski definition) is 1. The summed E-state index contributed by atoms with van der Waals surface area (Å²) in [6.07, 6.45) is 5.46. The van der Waals surface area contributed by atoms with E-state index in [1.807, 2.05) is 6.20 Å². The molecular weight excluding hydrogens is 246 g/mol. The van der Waals surface area contributed by atoms with Gasteiger partial charge < -0.3 is 10.2 Å². The van der Waals surface area contributed by atoms with Crippen molar-refractivity contribution in [2.75, 3.05) is 20.6 Å². The molecule has 0 saturated heterocycles. The third-order valence-corrected chi connectivity index (χ3v) is 5.24. The van der Waals surface area contributed by atoms with Crippen molar-refractivity contribution in [1.29, 1.82) is 0 Å². The van der Waals surface area contributed by atoms with Crippen LogP contribution >= 0.6 is 0 Å². The molecule has 0 radical (unpaired) electrons. The fraction of sp³-hybridized carbons (Fsp3) is 0.706. The quantitative estimate of drug-likeness (QED) is 0.865. The van der Waals surface area contributed by atoms with Crippen LogP contribution < -0.4 is 5.32 Å². The van der Waals surface area contributed by atoms with Gasteiger partial charge >= 0.3 is 0 Å². The summed E-state index contributed by atoms with van der Waals surface area (Å²) in [7, 11) is 4.39. The molecule has 20 heavy (non-hydrogen) atoms. The van der Waals surface area contributed by atoms with E-state index in [2.05, 4.69) is 57.2 Å². The van der Waals surface area contributed by atoms with Gasteiger partial charge in [0.15, 0.2) is 0 Å². The molecule has 1 N–H and O–H groups in total. The SMILES string of the molecule is CCNC(C1CCc2cccnc21)C(C)(CC)N(C)C. The molecule has 0 spiro atoms. The molecule has 3 nitrogen and oxygen atoms in total. The first-order chi connectivity index (χ1) is 9.54. The molecule has 2 rings (SSSR count). The minimum absolute atomic E-state index is 0.153. The molecule has 0 aliphatic heterocycles. The second-order valence-electron chi connectivity index (χ2n) is 6.33. The Labute approximate surface area is 123 Å². The normalized spacial score (nSPS) is 22.6. The van der Waals surface area contributed by atoms with Crippen LogP contribution in [0.2, 0.25) is 0 Å².